The number of likely N-dealkylation sites (tertiary alicyclic amines) is 1. The third kappa shape index (κ3) is 4.17. The maximum atomic E-state index is 12.0. The van der Waals surface area contributed by atoms with Crippen molar-refractivity contribution in [3.8, 4) is 0 Å². The monoisotopic (exact) mass is 338 g/mol. The molecule has 1 aromatic heterocycles. The van der Waals surface area contributed by atoms with Gasteiger partial charge in [0.2, 0.25) is 11.7 Å². The minimum Gasteiger partial charge on any atom is -0.463 e. The van der Waals surface area contributed by atoms with Crippen LogP contribution in [0.25, 0.3) is 0 Å². The smallest absolute Gasteiger partial charge is 0.374 e. The first-order chi connectivity index (χ1) is 10.9. The Morgan fingerprint density at radius 1 is 1.48 bits per heavy atom. The van der Waals surface area contributed by atoms with Gasteiger partial charge in [0.1, 0.15) is 6.04 Å². The van der Waals surface area contributed by atoms with E-state index < -0.39 is 18.0 Å². The summed E-state index contributed by atoms with van der Waals surface area (Å²) in [5.41, 5.74) is 6.77. The van der Waals surface area contributed by atoms with Crippen LogP contribution in [0.2, 0.25) is 0 Å². The zero-order valence-electron chi connectivity index (χ0n) is 12.9. The highest BCUT2D eigenvalue weighted by Crippen LogP contribution is 2.16. The van der Waals surface area contributed by atoms with E-state index in [1.165, 1.54) is 23.3 Å². The molecule has 0 spiro atoms. The third-order valence-corrected chi connectivity index (χ3v) is 4.11. The number of carbonyl (C=O) groups is 3. The van der Waals surface area contributed by atoms with E-state index in [0.29, 0.717) is 12.1 Å². The number of nitrogens with two attached hydrogens (primary N) is 1. The number of thiophene rings is 1. The summed E-state index contributed by atoms with van der Waals surface area (Å²) in [6.45, 7) is 2.19. The van der Waals surface area contributed by atoms with E-state index in [9.17, 15) is 14.4 Å². The van der Waals surface area contributed by atoms with E-state index in [4.69, 9.17) is 10.5 Å². The van der Waals surface area contributed by atoms with Gasteiger partial charge in [0.25, 0.3) is 0 Å². The van der Waals surface area contributed by atoms with Crippen LogP contribution in [0.4, 0.5) is 0 Å². The Morgan fingerprint density at radius 3 is 2.74 bits per heavy atom. The van der Waals surface area contributed by atoms with Gasteiger partial charge in [-0.2, -0.15) is 11.3 Å². The number of amides is 1. The summed E-state index contributed by atoms with van der Waals surface area (Å²) in [5.74, 6) is -1.69. The van der Waals surface area contributed by atoms with Crippen molar-refractivity contribution in [3.05, 3.63) is 33.7 Å². The van der Waals surface area contributed by atoms with E-state index in [0.717, 1.165) is 5.56 Å². The van der Waals surface area contributed by atoms with Gasteiger partial charge in [0.05, 0.1) is 13.5 Å². The van der Waals surface area contributed by atoms with E-state index in [1.54, 1.807) is 13.0 Å². The van der Waals surface area contributed by atoms with Crippen molar-refractivity contribution < 1.29 is 23.9 Å². The highest BCUT2D eigenvalue weighted by Gasteiger charge is 2.34. The number of hydrogen-bond donors (Lipinski definition) is 1. The molecule has 0 aromatic carbocycles. The highest BCUT2D eigenvalue weighted by atomic mass is 32.1. The molecule has 0 bridgehead atoms. The second-order valence-corrected chi connectivity index (χ2v) is 5.99. The van der Waals surface area contributed by atoms with Crippen LogP contribution in [-0.4, -0.2) is 49.0 Å². The lowest BCUT2D eigenvalue weighted by molar-refractivity contribution is -0.149. The summed E-state index contributed by atoms with van der Waals surface area (Å²) in [6, 6.07) is 1.31. The largest absolute Gasteiger partial charge is 0.463 e. The quantitative estimate of drug-likeness (QED) is 0.350. The molecule has 0 radical (unpaired) electrons. The molecule has 2 N–H and O–H groups in total. The fraction of sp³-hybridized carbons (Fsp3) is 0.400. The standard InChI is InChI=1S/C15H18N2O5S/c1-9(6-17-7-11(16)14(17)19)13(15(20)21-2)22-12(18)5-10-3-4-23-8-10/h3-4,8,11H,5-7,16H2,1-2H3/t11-/m0/s1. The fourth-order valence-electron chi connectivity index (χ4n) is 2.13. The van der Waals surface area contributed by atoms with Crippen molar-refractivity contribution >= 4 is 29.2 Å². The van der Waals surface area contributed by atoms with Crippen molar-refractivity contribution in [3.63, 3.8) is 0 Å². The molecule has 1 atom stereocenters. The molecule has 1 aliphatic heterocycles. The predicted octanol–water partition coefficient (Wildman–Crippen LogP) is 0.450. The van der Waals surface area contributed by atoms with E-state index in [2.05, 4.69) is 4.74 Å². The zero-order valence-corrected chi connectivity index (χ0v) is 13.7. The van der Waals surface area contributed by atoms with E-state index in [1.807, 2.05) is 10.8 Å². The SMILES string of the molecule is COC(=O)C(OC(=O)Cc1ccsc1)=C(C)CN1C[C@H](N)C1=O. The van der Waals surface area contributed by atoms with Crippen LogP contribution in [-0.2, 0) is 30.3 Å². The maximum Gasteiger partial charge on any atom is 0.374 e. The minimum absolute atomic E-state index is 0.0603. The van der Waals surface area contributed by atoms with Gasteiger partial charge in [-0.15, -0.1) is 0 Å². The number of ether oxygens (including phenoxy) is 2. The van der Waals surface area contributed by atoms with Crippen LogP contribution in [0.3, 0.4) is 0 Å². The molecule has 2 rings (SSSR count). The molecule has 2 heterocycles. The Labute approximate surface area is 137 Å². The van der Waals surface area contributed by atoms with Crippen LogP contribution in [0.1, 0.15) is 12.5 Å². The summed E-state index contributed by atoms with van der Waals surface area (Å²) in [4.78, 5) is 36.8. The maximum absolute atomic E-state index is 12.0. The number of rotatable bonds is 6. The second-order valence-electron chi connectivity index (χ2n) is 5.21. The number of methoxy groups -OCH3 is 1. The van der Waals surface area contributed by atoms with Crippen LogP contribution in [0, 0.1) is 0 Å². The Bertz CT molecular complexity index is 638. The Hall–Kier alpha value is -2.19. The molecular formula is C15H18N2O5S. The molecule has 1 amide bonds. The number of β-lactam (4-membered cyclic amide) rings is 1. The van der Waals surface area contributed by atoms with Gasteiger partial charge < -0.3 is 20.1 Å². The van der Waals surface area contributed by atoms with Crippen molar-refractivity contribution in [2.45, 2.75) is 19.4 Å². The molecule has 0 unspecified atom stereocenters. The van der Waals surface area contributed by atoms with Crippen molar-refractivity contribution in [1.82, 2.24) is 4.90 Å². The molecule has 1 fully saturated rings. The van der Waals surface area contributed by atoms with Crippen LogP contribution < -0.4 is 5.73 Å². The molecule has 23 heavy (non-hydrogen) atoms. The van der Waals surface area contributed by atoms with Crippen LogP contribution in [0.5, 0.6) is 0 Å². The summed E-state index contributed by atoms with van der Waals surface area (Å²) < 4.78 is 9.82. The van der Waals surface area contributed by atoms with E-state index >= 15 is 0 Å². The molecule has 1 saturated heterocycles. The molecule has 8 heteroatoms. The molecule has 0 saturated carbocycles. The topological polar surface area (TPSA) is 98.9 Å². The lowest BCUT2D eigenvalue weighted by atomic mass is 10.1. The average molecular weight is 338 g/mol. The summed E-state index contributed by atoms with van der Waals surface area (Å²) >= 11 is 1.47. The van der Waals surface area contributed by atoms with Gasteiger partial charge in [0, 0.05) is 13.1 Å². The normalized spacial score (nSPS) is 18.1. The molecular weight excluding hydrogens is 320 g/mol. The summed E-state index contributed by atoms with van der Waals surface area (Å²) in [7, 11) is 1.20. The average Bonchev–Trinajstić information content (AvgIpc) is 3.03. The Kier molecular flexibility index (Phi) is 5.51. The number of nitrogens with zero attached hydrogens (tertiary/aromatic N) is 1. The van der Waals surface area contributed by atoms with Gasteiger partial charge in [-0.3, -0.25) is 9.59 Å². The predicted molar refractivity (Wildman–Crippen MR) is 83.4 cm³/mol. The summed E-state index contributed by atoms with van der Waals surface area (Å²) in [6.07, 6.45) is 0.0603. The fourth-order valence-corrected chi connectivity index (χ4v) is 2.80. The lowest BCUT2D eigenvalue weighted by Gasteiger charge is -2.36. The first kappa shape index (κ1) is 17.2. The third-order valence-electron chi connectivity index (χ3n) is 3.38. The zero-order chi connectivity index (χ0) is 17.0. The van der Waals surface area contributed by atoms with Gasteiger partial charge in [0.15, 0.2) is 0 Å². The second kappa shape index (κ2) is 7.38. The van der Waals surface area contributed by atoms with Gasteiger partial charge >= 0.3 is 11.9 Å². The van der Waals surface area contributed by atoms with Gasteiger partial charge in [-0.05, 0) is 34.9 Å². The minimum atomic E-state index is -0.751. The molecule has 1 aliphatic rings. The van der Waals surface area contributed by atoms with Crippen molar-refractivity contribution in [2.24, 2.45) is 5.73 Å². The lowest BCUT2D eigenvalue weighted by Crippen LogP contribution is -2.61. The van der Waals surface area contributed by atoms with Crippen molar-refractivity contribution in [2.75, 3.05) is 20.2 Å². The highest BCUT2D eigenvalue weighted by molar-refractivity contribution is 7.07. The number of esters is 2. The van der Waals surface area contributed by atoms with Crippen molar-refractivity contribution in [1.29, 1.82) is 0 Å². The van der Waals surface area contributed by atoms with E-state index in [-0.39, 0.29) is 24.6 Å². The Balaban J connectivity index is 2.06. The molecule has 7 nitrogen and oxygen atoms in total. The molecule has 124 valence electrons. The van der Waals surface area contributed by atoms with Gasteiger partial charge in [-0.25, -0.2) is 4.79 Å². The van der Waals surface area contributed by atoms with Gasteiger partial charge in [-0.1, -0.05) is 0 Å². The summed E-state index contributed by atoms with van der Waals surface area (Å²) in [5, 5.41) is 3.68. The van der Waals surface area contributed by atoms with Crippen LogP contribution in [0.15, 0.2) is 28.2 Å². The Morgan fingerprint density at radius 2 is 2.22 bits per heavy atom. The van der Waals surface area contributed by atoms with Crippen LogP contribution >= 0.6 is 11.3 Å². The number of hydrogen-bond acceptors (Lipinski definition) is 7. The molecule has 0 aliphatic carbocycles. The first-order valence-corrected chi connectivity index (χ1v) is 7.90. The number of carbonyl (C=O) groups excluding carboxylic acids is 3. The molecule has 1 aromatic rings. The first-order valence-electron chi connectivity index (χ1n) is 6.96.